The molecule has 1 atom stereocenters. The zero-order valence-corrected chi connectivity index (χ0v) is 13.0. The van der Waals surface area contributed by atoms with Gasteiger partial charge in [-0.05, 0) is 57.1 Å². The zero-order valence-electron chi connectivity index (χ0n) is 12.2. The number of piperidine rings is 3. The Balaban J connectivity index is 1.89. The Hall–Kier alpha value is -1.31. The number of rotatable bonds is 4. The molecular weight excluding hydrogens is 288 g/mol. The number of anilines is 2. The second-order valence-corrected chi connectivity index (χ2v) is 7.71. The molecule has 3 heterocycles. The first-order valence-corrected chi connectivity index (χ1v) is 8.80. The van der Waals surface area contributed by atoms with Crippen molar-refractivity contribution in [3.8, 4) is 0 Å². The van der Waals surface area contributed by atoms with Crippen LogP contribution < -0.4 is 15.8 Å². The summed E-state index contributed by atoms with van der Waals surface area (Å²) >= 11 is 0. The SMILES string of the molecule is CNS(=O)(=O)c1cc(N)ccc1NC1CN2CCC1CC2. The minimum absolute atomic E-state index is 0.224. The van der Waals surface area contributed by atoms with Crippen LogP contribution in [0.4, 0.5) is 11.4 Å². The molecule has 0 amide bonds. The van der Waals surface area contributed by atoms with Gasteiger partial charge in [0.2, 0.25) is 10.0 Å². The highest BCUT2D eigenvalue weighted by Gasteiger charge is 2.34. The van der Waals surface area contributed by atoms with Crippen molar-refractivity contribution in [3.05, 3.63) is 18.2 Å². The third-order valence-electron chi connectivity index (χ3n) is 4.56. The summed E-state index contributed by atoms with van der Waals surface area (Å²) in [4.78, 5) is 2.66. The van der Waals surface area contributed by atoms with E-state index in [1.807, 2.05) is 0 Å². The summed E-state index contributed by atoms with van der Waals surface area (Å²) in [6.07, 6.45) is 2.36. The normalized spacial score (nSPS) is 28.5. The average molecular weight is 310 g/mol. The summed E-state index contributed by atoms with van der Waals surface area (Å²) in [5, 5.41) is 3.43. The molecule has 1 unspecified atom stereocenters. The zero-order chi connectivity index (χ0) is 15.0. The van der Waals surface area contributed by atoms with Gasteiger partial charge < -0.3 is 16.0 Å². The Morgan fingerprint density at radius 1 is 1.29 bits per heavy atom. The van der Waals surface area contributed by atoms with Crippen LogP contribution in [0.2, 0.25) is 0 Å². The van der Waals surface area contributed by atoms with E-state index in [9.17, 15) is 8.42 Å². The second-order valence-electron chi connectivity index (χ2n) is 5.85. The molecule has 1 aromatic carbocycles. The number of nitrogens with two attached hydrogens (primary N) is 1. The first-order chi connectivity index (χ1) is 9.99. The van der Waals surface area contributed by atoms with Crippen molar-refractivity contribution < 1.29 is 8.42 Å². The van der Waals surface area contributed by atoms with Crippen molar-refractivity contribution in [1.29, 1.82) is 0 Å². The molecule has 0 aliphatic carbocycles. The molecule has 2 bridgehead atoms. The molecule has 4 N–H and O–H groups in total. The van der Waals surface area contributed by atoms with Gasteiger partial charge in [0.15, 0.2) is 0 Å². The van der Waals surface area contributed by atoms with E-state index in [0.29, 0.717) is 23.3 Å². The van der Waals surface area contributed by atoms with Crippen LogP contribution in [0.5, 0.6) is 0 Å². The summed E-state index contributed by atoms with van der Waals surface area (Å²) in [7, 11) is -2.11. The topological polar surface area (TPSA) is 87.5 Å². The largest absolute Gasteiger partial charge is 0.399 e. The molecular formula is C14H22N4O2S. The van der Waals surface area contributed by atoms with Gasteiger partial charge in [-0.2, -0.15) is 0 Å². The molecule has 3 aliphatic heterocycles. The van der Waals surface area contributed by atoms with Crippen molar-refractivity contribution in [3.63, 3.8) is 0 Å². The summed E-state index contributed by atoms with van der Waals surface area (Å²) in [5.41, 5.74) is 6.83. The van der Waals surface area contributed by atoms with E-state index in [4.69, 9.17) is 5.73 Å². The van der Waals surface area contributed by atoms with E-state index in [1.165, 1.54) is 26.0 Å². The van der Waals surface area contributed by atoms with Crippen LogP contribution >= 0.6 is 0 Å². The molecule has 116 valence electrons. The lowest BCUT2D eigenvalue weighted by Crippen LogP contribution is -2.53. The molecule has 3 fully saturated rings. The molecule has 4 rings (SSSR count). The van der Waals surface area contributed by atoms with E-state index in [2.05, 4.69) is 14.9 Å². The van der Waals surface area contributed by atoms with Crippen molar-refractivity contribution in [2.45, 2.75) is 23.8 Å². The van der Waals surface area contributed by atoms with Gasteiger partial charge in [-0.1, -0.05) is 0 Å². The van der Waals surface area contributed by atoms with E-state index in [0.717, 1.165) is 19.6 Å². The minimum atomic E-state index is -3.52. The molecule has 0 saturated carbocycles. The number of nitrogen functional groups attached to an aromatic ring is 1. The van der Waals surface area contributed by atoms with Gasteiger partial charge in [0.25, 0.3) is 0 Å². The number of hydrogen-bond donors (Lipinski definition) is 3. The fourth-order valence-corrected chi connectivity index (χ4v) is 4.25. The van der Waals surface area contributed by atoms with Crippen LogP contribution in [0.25, 0.3) is 0 Å². The highest BCUT2D eigenvalue weighted by molar-refractivity contribution is 7.89. The molecule has 3 saturated heterocycles. The molecule has 1 aromatic rings. The van der Waals surface area contributed by atoms with E-state index in [-0.39, 0.29) is 4.90 Å². The molecule has 0 radical (unpaired) electrons. The number of benzene rings is 1. The van der Waals surface area contributed by atoms with E-state index >= 15 is 0 Å². The third kappa shape index (κ3) is 2.86. The van der Waals surface area contributed by atoms with Crippen molar-refractivity contribution in [1.82, 2.24) is 9.62 Å². The fourth-order valence-electron chi connectivity index (χ4n) is 3.32. The van der Waals surface area contributed by atoms with Crippen LogP contribution in [-0.2, 0) is 10.0 Å². The highest BCUT2D eigenvalue weighted by Crippen LogP contribution is 2.32. The Kier molecular flexibility index (Phi) is 3.81. The predicted octanol–water partition coefficient (Wildman–Crippen LogP) is 0.683. The summed E-state index contributed by atoms with van der Waals surface area (Å²) in [6.45, 7) is 3.30. The lowest BCUT2D eigenvalue weighted by atomic mass is 9.84. The van der Waals surface area contributed by atoms with Crippen LogP contribution in [0.15, 0.2) is 23.1 Å². The van der Waals surface area contributed by atoms with Gasteiger partial charge in [-0.3, -0.25) is 0 Å². The van der Waals surface area contributed by atoms with Gasteiger partial charge in [-0.25, -0.2) is 13.1 Å². The van der Waals surface area contributed by atoms with E-state index in [1.54, 1.807) is 12.1 Å². The third-order valence-corrected chi connectivity index (χ3v) is 6.02. The summed E-state index contributed by atoms with van der Waals surface area (Å²) in [6, 6.07) is 5.31. The van der Waals surface area contributed by atoms with E-state index < -0.39 is 10.0 Å². The average Bonchev–Trinajstić information content (AvgIpc) is 2.50. The first kappa shape index (κ1) is 14.6. The maximum atomic E-state index is 12.2. The molecule has 7 heteroatoms. The first-order valence-electron chi connectivity index (χ1n) is 7.31. The number of nitrogens with one attached hydrogen (secondary N) is 2. The number of nitrogens with zero attached hydrogens (tertiary/aromatic N) is 1. The Morgan fingerprint density at radius 2 is 2.00 bits per heavy atom. The lowest BCUT2D eigenvalue weighted by Gasteiger charge is -2.45. The van der Waals surface area contributed by atoms with Gasteiger partial charge in [-0.15, -0.1) is 0 Å². The van der Waals surface area contributed by atoms with Gasteiger partial charge in [0, 0.05) is 18.3 Å². The van der Waals surface area contributed by atoms with Crippen LogP contribution in [-0.4, -0.2) is 46.0 Å². The fraction of sp³-hybridized carbons (Fsp3) is 0.571. The Bertz CT molecular complexity index is 624. The smallest absolute Gasteiger partial charge is 0.242 e. The molecule has 0 aromatic heterocycles. The second kappa shape index (κ2) is 5.47. The maximum absolute atomic E-state index is 12.2. The summed E-state index contributed by atoms with van der Waals surface area (Å²) < 4.78 is 26.7. The predicted molar refractivity (Wildman–Crippen MR) is 83.7 cm³/mol. The molecule has 3 aliphatic rings. The minimum Gasteiger partial charge on any atom is -0.399 e. The quantitative estimate of drug-likeness (QED) is 0.712. The monoisotopic (exact) mass is 310 g/mol. The Labute approximate surface area is 125 Å². The van der Waals surface area contributed by atoms with Crippen LogP contribution in [0.1, 0.15) is 12.8 Å². The number of sulfonamides is 1. The summed E-state index contributed by atoms with van der Waals surface area (Å²) in [5.74, 6) is 0.623. The standard InChI is InChI=1S/C14H22N4O2S/c1-16-21(19,20)14-8-11(15)2-3-12(14)17-13-9-18-6-4-10(13)5-7-18/h2-3,8,10,13,16-17H,4-7,9,15H2,1H3. The Morgan fingerprint density at radius 3 is 2.57 bits per heavy atom. The van der Waals surface area contributed by atoms with Crippen LogP contribution in [0, 0.1) is 5.92 Å². The maximum Gasteiger partial charge on any atom is 0.242 e. The van der Waals surface area contributed by atoms with Crippen molar-refractivity contribution >= 4 is 21.4 Å². The van der Waals surface area contributed by atoms with Crippen molar-refractivity contribution in [2.75, 3.05) is 37.7 Å². The number of hydrogen-bond acceptors (Lipinski definition) is 5. The van der Waals surface area contributed by atoms with Gasteiger partial charge in [0.05, 0.1) is 5.69 Å². The molecule has 21 heavy (non-hydrogen) atoms. The van der Waals surface area contributed by atoms with Gasteiger partial charge >= 0.3 is 0 Å². The van der Waals surface area contributed by atoms with Gasteiger partial charge in [0.1, 0.15) is 4.90 Å². The lowest BCUT2D eigenvalue weighted by molar-refractivity contribution is 0.0974. The van der Waals surface area contributed by atoms with Crippen molar-refractivity contribution in [2.24, 2.45) is 5.92 Å². The molecule has 6 nitrogen and oxygen atoms in total. The van der Waals surface area contributed by atoms with Crippen LogP contribution in [0.3, 0.4) is 0 Å². The number of fused-ring (bicyclic) bond motifs is 3. The highest BCUT2D eigenvalue weighted by atomic mass is 32.2. The molecule has 0 spiro atoms.